The lowest BCUT2D eigenvalue weighted by Crippen LogP contribution is -2.01. The first-order valence-electron chi connectivity index (χ1n) is 5.48. The fraction of sp³-hybridized carbons (Fsp3) is 0.0769. The Morgan fingerprint density at radius 3 is 2.74 bits per heavy atom. The van der Waals surface area contributed by atoms with Crippen LogP contribution in [0.4, 0.5) is 15.8 Å². The molecule has 2 aromatic rings. The molecule has 98 valence electrons. The van der Waals surface area contributed by atoms with Crippen LogP contribution in [-0.4, -0.2) is 4.92 Å². The molecule has 0 atom stereocenters. The van der Waals surface area contributed by atoms with Gasteiger partial charge in [0.15, 0.2) is 0 Å². The fourth-order valence-electron chi connectivity index (χ4n) is 1.64. The maximum atomic E-state index is 13.2. The van der Waals surface area contributed by atoms with Gasteiger partial charge >= 0.3 is 0 Å². The Hall–Kier alpha value is -2.14. The summed E-state index contributed by atoms with van der Waals surface area (Å²) in [5.74, 6) is -0.628. The summed E-state index contributed by atoms with van der Waals surface area (Å²) in [5.41, 5.74) is 0.994. The largest absolute Gasteiger partial charge is 0.381 e. The molecule has 0 aromatic heterocycles. The van der Waals surface area contributed by atoms with E-state index in [0.717, 1.165) is 11.8 Å². The number of nitro benzene ring substituents is 1. The number of benzene rings is 2. The van der Waals surface area contributed by atoms with Crippen molar-refractivity contribution in [1.82, 2.24) is 0 Å². The zero-order valence-corrected chi connectivity index (χ0v) is 10.5. The molecule has 2 rings (SSSR count). The molecule has 4 nitrogen and oxygen atoms in total. The Labute approximate surface area is 114 Å². The minimum Gasteiger partial charge on any atom is -0.381 e. The van der Waals surface area contributed by atoms with E-state index in [1.54, 1.807) is 24.3 Å². The molecule has 6 heteroatoms. The average molecular weight is 281 g/mol. The van der Waals surface area contributed by atoms with E-state index in [1.165, 1.54) is 12.1 Å². The number of halogens is 2. The summed E-state index contributed by atoms with van der Waals surface area (Å²) in [5, 5.41) is 14.2. The molecule has 0 unspecified atom stereocenters. The van der Waals surface area contributed by atoms with E-state index in [2.05, 4.69) is 5.32 Å². The molecule has 0 amide bonds. The predicted molar refractivity (Wildman–Crippen MR) is 71.8 cm³/mol. The first-order valence-corrected chi connectivity index (χ1v) is 5.86. The van der Waals surface area contributed by atoms with Gasteiger partial charge < -0.3 is 5.32 Å². The fourth-order valence-corrected chi connectivity index (χ4v) is 1.83. The van der Waals surface area contributed by atoms with Gasteiger partial charge in [-0.25, -0.2) is 4.39 Å². The lowest BCUT2D eigenvalue weighted by Gasteiger charge is -2.07. The van der Waals surface area contributed by atoms with Gasteiger partial charge in [-0.05, 0) is 29.8 Å². The van der Waals surface area contributed by atoms with Crippen LogP contribution in [0.15, 0.2) is 42.5 Å². The van der Waals surface area contributed by atoms with Gasteiger partial charge in [-0.3, -0.25) is 10.1 Å². The summed E-state index contributed by atoms with van der Waals surface area (Å²) in [6, 6.07) is 10.5. The molecular weight excluding hydrogens is 271 g/mol. The van der Waals surface area contributed by atoms with Crippen molar-refractivity contribution in [2.45, 2.75) is 6.54 Å². The quantitative estimate of drug-likeness (QED) is 0.680. The molecule has 0 saturated carbocycles. The maximum Gasteiger partial charge on any atom is 0.272 e. The van der Waals surface area contributed by atoms with Gasteiger partial charge in [-0.15, -0.1) is 0 Å². The van der Waals surface area contributed by atoms with Crippen LogP contribution in [0.1, 0.15) is 5.56 Å². The second-order valence-electron chi connectivity index (χ2n) is 3.94. The minimum atomic E-state index is -0.628. The van der Waals surface area contributed by atoms with Gasteiger partial charge in [-0.1, -0.05) is 17.7 Å². The molecule has 0 heterocycles. The smallest absolute Gasteiger partial charge is 0.272 e. The van der Waals surface area contributed by atoms with E-state index in [4.69, 9.17) is 11.6 Å². The number of non-ortho nitro benzene ring substituents is 1. The summed E-state index contributed by atoms with van der Waals surface area (Å²) in [6.07, 6.45) is 0. The Bertz CT molecular complexity index is 619. The maximum absolute atomic E-state index is 13.2. The van der Waals surface area contributed by atoms with Crippen molar-refractivity contribution in [1.29, 1.82) is 0 Å². The second kappa shape index (κ2) is 5.67. The second-order valence-corrected chi connectivity index (χ2v) is 4.38. The first-order chi connectivity index (χ1) is 9.04. The number of hydrogen-bond acceptors (Lipinski definition) is 3. The molecule has 0 aliphatic carbocycles. The molecule has 0 aliphatic heterocycles. The van der Waals surface area contributed by atoms with Gasteiger partial charge in [-0.2, -0.15) is 0 Å². The third-order valence-corrected chi connectivity index (χ3v) is 2.71. The van der Waals surface area contributed by atoms with Crippen LogP contribution in [-0.2, 0) is 6.54 Å². The summed E-state index contributed by atoms with van der Waals surface area (Å²) >= 11 is 5.83. The molecule has 0 radical (unpaired) electrons. The number of hydrogen-bond donors (Lipinski definition) is 1. The van der Waals surface area contributed by atoms with Crippen LogP contribution < -0.4 is 5.32 Å². The van der Waals surface area contributed by atoms with Crippen molar-refractivity contribution < 1.29 is 9.31 Å². The molecule has 0 bridgehead atoms. The highest BCUT2D eigenvalue weighted by atomic mass is 35.5. The molecular formula is C13H10ClFN2O2. The van der Waals surface area contributed by atoms with Crippen LogP contribution >= 0.6 is 11.6 Å². The average Bonchev–Trinajstić information content (AvgIpc) is 2.36. The normalized spacial score (nSPS) is 10.2. The van der Waals surface area contributed by atoms with Gasteiger partial charge in [0.25, 0.3) is 5.69 Å². The van der Waals surface area contributed by atoms with Crippen molar-refractivity contribution >= 4 is 23.0 Å². The number of anilines is 1. The molecule has 19 heavy (non-hydrogen) atoms. The summed E-state index contributed by atoms with van der Waals surface area (Å²) in [6.45, 7) is 0.277. The number of nitro groups is 1. The van der Waals surface area contributed by atoms with E-state index in [9.17, 15) is 14.5 Å². The van der Waals surface area contributed by atoms with E-state index in [-0.39, 0.29) is 12.2 Å². The highest BCUT2D eigenvalue weighted by Gasteiger charge is 2.09. The monoisotopic (exact) mass is 280 g/mol. The van der Waals surface area contributed by atoms with Crippen molar-refractivity contribution in [3.8, 4) is 0 Å². The number of rotatable bonds is 4. The summed E-state index contributed by atoms with van der Waals surface area (Å²) in [7, 11) is 0. The van der Waals surface area contributed by atoms with Crippen LogP contribution in [0.3, 0.4) is 0 Å². The first kappa shape index (κ1) is 13.3. The van der Waals surface area contributed by atoms with E-state index in [1.807, 2.05) is 0 Å². The number of nitrogens with one attached hydrogen (secondary N) is 1. The molecule has 0 spiro atoms. The topological polar surface area (TPSA) is 55.2 Å². The van der Waals surface area contributed by atoms with Crippen LogP contribution in [0.25, 0.3) is 0 Å². The van der Waals surface area contributed by atoms with E-state index < -0.39 is 10.7 Å². The van der Waals surface area contributed by atoms with Gasteiger partial charge in [0.1, 0.15) is 5.82 Å². The predicted octanol–water partition coefficient (Wildman–Crippen LogP) is 4.00. The number of nitrogens with zero attached hydrogens (tertiary/aromatic N) is 1. The summed E-state index contributed by atoms with van der Waals surface area (Å²) in [4.78, 5) is 10.0. The zero-order valence-electron chi connectivity index (χ0n) is 9.77. The van der Waals surface area contributed by atoms with Gasteiger partial charge in [0.05, 0.1) is 11.0 Å². The van der Waals surface area contributed by atoms with Crippen molar-refractivity contribution in [3.63, 3.8) is 0 Å². The SMILES string of the molecule is O=[N+]([O-])c1cc(F)cc(CNc2cccc(Cl)c2)c1. The standard InChI is InChI=1S/C13H10ClFN2O2/c14-10-2-1-3-12(6-10)16-8-9-4-11(15)7-13(5-9)17(18)19/h1-7,16H,8H2. The van der Waals surface area contributed by atoms with Gasteiger partial charge in [0.2, 0.25) is 0 Å². The highest BCUT2D eigenvalue weighted by Crippen LogP contribution is 2.19. The third-order valence-electron chi connectivity index (χ3n) is 2.47. The van der Waals surface area contributed by atoms with Crippen molar-refractivity contribution in [3.05, 3.63) is 69.0 Å². The third kappa shape index (κ3) is 3.66. The molecule has 0 saturated heterocycles. The lowest BCUT2D eigenvalue weighted by molar-refractivity contribution is -0.385. The van der Waals surface area contributed by atoms with Crippen LogP contribution in [0.5, 0.6) is 0 Å². The summed E-state index contributed by atoms with van der Waals surface area (Å²) < 4.78 is 13.2. The van der Waals surface area contributed by atoms with E-state index >= 15 is 0 Å². The Morgan fingerprint density at radius 2 is 2.05 bits per heavy atom. The van der Waals surface area contributed by atoms with Crippen molar-refractivity contribution in [2.75, 3.05) is 5.32 Å². The zero-order chi connectivity index (χ0) is 13.8. The Kier molecular flexibility index (Phi) is 3.97. The Balaban J connectivity index is 2.13. The van der Waals surface area contributed by atoms with Crippen molar-refractivity contribution in [2.24, 2.45) is 0 Å². The van der Waals surface area contributed by atoms with Crippen LogP contribution in [0, 0.1) is 15.9 Å². The van der Waals surface area contributed by atoms with Gasteiger partial charge in [0, 0.05) is 23.3 Å². The molecule has 0 fully saturated rings. The van der Waals surface area contributed by atoms with E-state index in [0.29, 0.717) is 10.6 Å². The molecule has 2 aromatic carbocycles. The molecule has 1 N–H and O–H groups in total. The van der Waals surface area contributed by atoms with Crippen LogP contribution in [0.2, 0.25) is 5.02 Å². The highest BCUT2D eigenvalue weighted by molar-refractivity contribution is 6.30. The molecule has 0 aliphatic rings. The lowest BCUT2D eigenvalue weighted by atomic mass is 10.2. The Morgan fingerprint density at radius 1 is 1.26 bits per heavy atom. The minimum absolute atomic E-state index is 0.261.